The minimum atomic E-state index is -0.000973. The molecule has 2 amide bonds. The molecule has 2 aliphatic rings. The molecule has 2 aliphatic heterocycles. The Morgan fingerprint density at radius 3 is 2.29 bits per heavy atom. The third-order valence-corrected chi connectivity index (χ3v) is 11.0. The number of piperidine rings is 2. The van der Waals surface area contributed by atoms with Gasteiger partial charge in [0.2, 0.25) is 5.91 Å². The Hall–Kier alpha value is -4.00. The van der Waals surface area contributed by atoms with Crippen LogP contribution in [-0.2, 0) is 17.8 Å². The number of hydrogen-bond donors (Lipinski definition) is 1. The van der Waals surface area contributed by atoms with Gasteiger partial charge in [-0.05, 0) is 115 Å². The highest BCUT2D eigenvalue weighted by molar-refractivity contribution is 7.09. The zero-order valence-electron chi connectivity index (χ0n) is 28.1. The van der Waals surface area contributed by atoms with Gasteiger partial charge in [0.25, 0.3) is 5.91 Å². The van der Waals surface area contributed by atoms with Crippen molar-refractivity contribution >= 4 is 29.2 Å². The van der Waals surface area contributed by atoms with Crippen LogP contribution in [0.15, 0.2) is 102 Å². The van der Waals surface area contributed by atoms with Crippen LogP contribution in [0.4, 0.5) is 0 Å². The molecule has 0 bridgehead atoms. The maximum atomic E-state index is 13.6. The van der Waals surface area contributed by atoms with Gasteiger partial charge in [-0.15, -0.1) is 11.3 Å². The van der Waals surface area contributed by atoms with Gasteiger partial charge in [-0.2, -0.15) is 0 Å². The van der Waals surface area contributed by atoms with E-state index in [4.69, 9.17) is 0 Å². The van der Waals surface area contributed by atoms with E-state index in [0.717, 1.165) is 72.0 Å². The summed E-state index contributed by atoms with van der Waals surface area (Å²) in [5.41, 5.74) is 4.91. The van der Waals surface area contributed by atoms with Gasteiger partial charge in [-0.1, -0.05) is 86.0 Å². The maximum absolute atomic E-state index is 13.6. The Balaban J connectivity index is 1.07. The van der Waals surface area contributed by atoms with Crippen LogP contribution >= 0.6 is 11.3 Å². The van der Waals surface area contributed by atoms with E-state index < -0.39 is 0 Å². The van der Waals surface area contributed by atoms with Crippen LogP contribution in [0, 0.1) is 11.8 Å². The van der Waals surface area contributed by atoms with E-state index in [2.05, 4.69) is 58.1 Å². The van der Waals surface area contributed by atoms with Gasteiger partial charge in [0, 0.05) is 42.7 Å². The Kier molecular flexibility index (Phi) is 12.3. The minimum absolute atomic E-state index is 0.000973. The minimum Gasteiger partial charge on any atom is -0.339 e. The van der Waals surface area contributed by atoms with Crippen molar-refractivity contribution < 1.29 is 9.59 Å². The molecule has 0 saturated carbocycles. The molecule has 5 nitrogen and oxygen atoms in total. The molecule has 1 N–H and O–H groups in total. The number of hydrogen-bond acceptors (Lipinski definition) is 4. The first-order chi connectivity index (χ1) is 23.6. The van der Waals surface area contributed by atoms with Crippen LogP contribution in [-0.4, -0.2) is 54.3 Å². The third-order valence-electron chi connectivity index (χ3n) is 10.1. The molecule has 0 atom stereocenters. The number of thiophene rings is 1. The molecule has 4 aromatic rings. The summed E-state index contributed by atoms with van der Waals surface area (Å²) in [7, 11) is 0. The summed E-state index contributed by atoms with van der Waals surface area (Å²) < 4.78 is 0. The van der Waals surface area contributed by atoms with E-state index in [1.165, 1.54) is 50.1 Å². The van der Waals surface area contributed by atoms with Crippen molar-refractivity contribution in [1.82, 2.24) is 15.1 Å². The number of likely N-dealkylation sites (tertiary alicyclic amines) is 1. The second-order valence-electron chi connectivity index (χ2n) is 13.5. The fourth-order valence-electron chi connectivity index (χ4n) is 7.18. The largest absolute Gasteiger partial charge is 0.339 e. The molecule has 0 aliphatic carbocycles. The quantitative estimate of drug-likeness (QED) is 0.146. The molecule has 0 unspecified atom stereocenters. The van der Waals surface area contributed by atoms with Gasteiger partial charge < -0.3 is 15.1 Å². The van der Waals surface area contributed by atoms with Crippen molar-refractivity contribution in [3.8, 4) is 11.1 Å². The van der Waals surface area contributed by atoms with Crippen LogP contribution in [0.25, 0.3) is 17.2 Å². The number of rotatable bonds is 13. The smallest absolute Gasteiger partial charge is 0.253 e. The molecule has 6 heteroatoms. The number of carbonyl (C=O) groups is 2. The van der Waals surface area contributed by atoms with E-state index >= 15 is 0 Å². The lowest BCUT2D eigenvalue weighted by molar-refractivity contribution is -0.126. The first-order valence-electron chi connectivity index (χ1n) is 17.8. The summed E-state index contributed by atoms with van der Waals surface area (Å²) in [5, 5.41) is 5.56. The number of nitrogens with zero attached hydrogens (tertiary/aromatic N) is 2. The average molecular weight is 660 g/mol. The van der Waals surface area contributed by atoms with Crippen molar-refractivity contribution in [1.29, 1.82) is 0 Å². The number of amides is 2. The zero-order valence-corrected chi connectivity index (χ0v) is 28.9. The summed E-state index contributed by atoms with van der Waals surface area (Å²) in [6, 6.07) is 30.6. The van der Waals surface area contributed by atoms with E-state index in [1.54, 1.807) is 17.4 Å². The molecule has 48 heavy (non-hydrogen) atoms. The highest BCUT2D eigenvalue weighted by atomic mass is 32.1. The molecule has 2 fully saturated rings. The molecule has 3 heterocycles. The topological polar surface area (TPSA) is 52.7 Å². The van der Waals surface area contributed by atoms with Crippen LogP contribution in [0.3, 0.4) is 0 Å². The van der Waals surface area contributed by atoms with Crippen molar-refractivity contribution in [2.45, 2.75) is 57.9 Å². The van der Waals surface area contributed by atoms with Gasteiger partial charge in [0.15, 0.2) is 0 Å². The average Bonchev–Trinajstić information content (AvgIpc) is 3.67. The molecule has 3 aromatic carbocycles. The van der Waals surface area contributed by atoms with Crippen LogP contribution in [0.5, 0.6) is 0 Å². The Morgan fingerprint density at radius 1 is 0.812 bits per heavy atom. The highest BCUT2D eigenvalue weighted by Gasteiger charge is 2.24. The van der Waals surface area contributed by atoms with Gasteiger partial charge in [-0.3, -0.25) is 9.59 Å². The monoisotopic (exact) mass is 659 g/mol. The van der Waals surface area contributed by atoms with Crippen molar-refractivity contribution in [2.75, 3.05) is 32.7 Å². The zero-order chi connectivity index (χ0) is 33.0. The first kappa shape index (κ1) is 33.9. The fourth-order valence-corrected chi connectivity index (χ4v) is 7.88. The maximum Gasteiger partial charge on any atom is 0.253 e. The van der Waals surface area contributed by atoms with Crippen LogP contribution in [0.2, 0.25) is 0 Å². The molecule has 0 radical (unpaired) electrons. The predicted octanol–water partition coefficient (Wildman–Crippen LogP) is 8.72. The molecular formula is C42H49N3O2S. The van der Waals surface area contributed by atoms with Crippen molar-refractivity contribution in [3.05, 3.63) is 124 Å². The van der Waals surface area contributed by atoms with E-state index in [-0.39, 0.29) is 11.8 Å². The standard InChI is InChI=1S/C42H49N3O2S/c46-41(18-17-33-8-2-1-3-9-33)45(28-23-40-16-7-29-48-40)32-36-12-5-13-37(30-36)38-14-6-15-39(31-38)42(47)44-26-21-35(22-27-44)11-4-10-34-19-24-43-25-20-34/h1-3,5-9,12-18,29-31,34-35,43H,4,10-11,19-28,32H2. The highest BCUT2D eigenvalue weighted by Crippen LogP contribution is 2.28. The molecule has 6 rings (SSSR count). The summed E-state index contributed by atoms with van der Waals surface area (Å²) in [4.78, 5) is 32.3. The van der Waals surface area contributed by atoms with Gasteiger partial charge >= 0.3 is 0 Å². The number of nitrogens with one attached hydrogen (secondary N) is 1. The number of carbonyl (C=O) groups excluding carboxylic acids is 2. The second kappa shape index (κ2) is 17.4. The molecule has 0 spiro atoms. The lowest BCUT2D eigenvalue weighted by Crippen LogP contribution is -2.38. The van der Waals surface area contributed by atoms with Gasteiger partial charge in [0.1, 0.15) is 0 Å². The fraction of sp³-hybridized carbons (Fsp3) is 0.381. The molecule has 2 saturated heterocycles. The van der Waals surface area contributed by atoms with E-state index in [9.17, 15) is 9.59 Å². The summed E-state index contributed by atoms with van der Waals surface area (Å²) in [6.07, 6.45) is 13.3. The lowest BCUT2D eigenvalue weighted by Gasteiger charge is -2.32. The van der Waals surface area contributed by atoms with E-state index in [0.29, 0.717) is 13.1 Å². The normalized spacial score (nSPS) is 16.0. The van der Waals surface area contributed by atoms with Crippen LogP contribution < -0.4 is 5.32 Å². The molecule has 250 valence electrons. The molecule has 1 aromatic heterocycles. The summed E-state index contributed by atoms with van der Waals surface area (Å²) >= 11 is 1.73. The van der Waals surface area contributed by atoms with E-state index in [1.807, 2.05) is 59.5 Å². The Bertz CT molecular complexity index is 1620. The summed E-state index contributed by atoms with van der Waals surface area (Å²) in [6.45, 7) is 5.22. The second-order valence-corrected chi connectivity index (χ2v) is 14.5. The van der Waals surface area contributed by atoms with Crippen molar-refractivity contribution in [2.24, 2.45) is 11.8 Å². The Morgan fingerprint density at radius 2 is 1.54 bits per heavy atom. The first-order valence-corrected chi connectivity index (χ1v) is 18.7. The van der Waals surface area contributed by atoms with Crippen molar-refractivity contribution in [3.63, 3.8) is 0 Å². The summed E-state index contributed by atoms with van der Waals surface area (Å²) in [5.74, 6) is 1.78. The van der Waals surface area contributed by atoms with Gasteiger partial charge in [0.05, 0.1) is 0 Å². The predicted molar refractivity (Wildman–Crippen MR) is 199 cm³/mol. The SMILES string of the molecule is O=C(C=Cc1ccccc1)N(CCc1cccs1)Cc1cccc(-c2cccc(C(=O)N3CCC(CCCC4CCNCC4)CC3)c2)c1. The Labute approximate surface area is 290 Å². The van der Waals surface area contributed by atoms with Crippen LogP contribution in [0.1, 0.15) is 71.3 Å². The number of benzene rings is 3. The van der Waals surface area contributed by atoms with Gasteiger partial charge in [-0.25, -0.2) is 0 Å². The molecular weight excluding hydrogens is 611 g/mol. The third kappa shape index (κ3) is 9.77. The lowest BCUT2D eigenvalue weighted by atomic mass is 9.87.